The Morgan fingerprint density at radius 1 is 1.32 bits per heavy atom. The normalized spacial score (nSPS) is 10.8. The van der Waals surface area contributed by atoms with E-state index in [9.17, 15) is 13.6 Å². The number of carbonyl (C=O) groups excluding carboxylic acids is 1. The van der Waals surface area contributed by atoms with Gasteiger partial charge in [0.1, 0.15) is 0 Å². The highest BCUT2D eigenvalue weighted by Gasteiger charge is 2.10. The van der Waals surface area contributed by atoms with Gasteiger partial charge >= 0.3 is 0 Å². The minimum Gasteiger partial charge on any atom is -0.326 e. The van der Waals surface area contributed by atoms with Crippen LogP contribution in [0.5, 0.6) is 0 Å². The third-order valence-corrected chi connectivity index (χ3v) is 4.83. The van der Waals surface area contributed by atoms with E-state index in [2.05, 4.69) is 33.0 Å². The van der Waals surface area contributed by atoms with Gasteiger partial charge in [-0.1, -0.05) is 0 Å². The van der Waals surface area contributed by atoms with Crippen LogP contribution < -0.4 is 5.32 Å². The summed E-state index contributed by atoms with van der Waals surface area (Å²) in [5.74, 6) is -2.14. The van der Waals surface area contributed by atoms with Crippen LogP contribution in [-0.2, 0) is 11.3 Å². The molecule has 0 aliphatic heterocycles. The number of carbonyl (C=O) groups is 1. The number of hydrogen-bond acceptors (Lipinski definition) is 2. The largest absolute Gasteiger partial charge is 0.326 e. The average Bonchev–Trinajstić information content (AvgIpc) is 2.70. The highest BCUT2D eigenvalue weighted by molar-refractivity contribution is 14.1. The van der Waals surface area contributed by atoms with E-state index < -0.39 is 11.6 Å². The molecule has 0 aliphatic rings. The van der Waals surface area contributed by atoms with Crippen molar-refractivity contribution >= 4 is 34.2 Å². The van der Waals surface area contributed by atoms with E-state index in [4.69, 9.17) is 0 Å². The first kappa shape index (κ1) is 16.9. The Kier molecular flexibility index (Phi) is 5.49. The number of anilines is 1. The Morgan fingerprint density at radius 3 is 2.64 bits per heavy atom. The van der Waals surface area contributed by atoms with Crippen molar-refractivity contribution in [2.24, 2.45) is 0 Å². The summed E-state index contributed by atoms with van der Waals surface area (Å²) < 4.78 is 28.9. The summed E-state index contributed by atoms with van der Waals surface area (Å²) in [6.45, 7) is 4.57. The van der Waals surface area contributed by atoms with Crippen LogP contribution in [-0.4, -0.2) is 15.7 Å². The van der Waals surface area contributed by atoms with Crippen molar-refractivity contribution in [1.29, 1.82) is 0 Å². The van der Waals surface area contributed by atoms with E-state index in [1.807, 2.05) is 18.5 Å². The summed E-state index contributed by atoms with van der Waals surface area (Å²) in [5.41, 5.74) is 2.31. The number of nitrogens with zero attached hydrogens (tertiary/aromatic N) is 2. The van der Waals surface area contributed by atoms with Crippen LogP contribution in [0.1, 0.15) is 24.2 Å². The topological polar surface area (TPSA) is 46.9 Å². The van der Waals surface area contributed by atoms with Crippen LogP contribution in [0.3, 0.4) is 0 Å². The molecule has 1 aromatic carbocycles. The lowest BCUT2D eigenvalue weighted by Crippen LogP contribution is -2.13. The van der Waals surface area contributed by atoms with Crippen LogP contribution in [0.4, 0.5) is 14.5 Å². The summed E-state index contributed by atoms with van der Waals surface area (Å²) in [7, 11) is 0. The highest BCUT2D eigenvalue weighted by Crippen LogP contribution is 2.16. The van der Waals surface area contributed by atoms with E-state index in [1.165, 1.54) is 6.07 Å². The zero-order valence-electron chi connectivity index (χ0n) is 12.3. The third kappa shape index (κ3) is 4.02. The molecule has 1 amide bonds. The number of amides is 1. The Balaban J connectivity index is 1.85. The Labute approximate surface area is 141 Å². The first-order valence-electron chi connectivity index (χ1n) is 6.83. The number of halogens is 3. The number of nitrogens with one attached hydrogen (secondary N) is 1. The summed E-state index contributed by atoms with van der Waals surface area (Å²) in [6, 6.07) is 3.29. The van der Waals surface area contributed by atoms with Gasteiger partial charge in [0.05, 0.1) is 9.26 Å². The lowest BCUT2D eigenvalue weighted by Gasteiger charge is -2.07. The fourth-order valence-corrected chi connectivity index (χ4v) is 2.47. The zero-order chi connectivity index (χ0) is 16.3. The van der Waals surface area contributed by atoms with Gasteiger partial charge in [-0.2, -0.15) is 5.10 Å². The van der Waals surface area contributed by atoms with Crippen LogP contribution >= 0.6 is 22.6 Å². The molecule has 0 radical (unpaired) electrons. The predicted octanol–water partition coefficient (Wildman–Crippen LogP) is 3.80. The molecule has 1 heterocycles. The van der Waals surface area contributed by atoms with Crippen LogP contribution in [0.15, 0.2) is 18.2 Å². The first-order chi connectivity index (χ1) is 10.4. The fraction of sp³-hybridized carbons (Fsp3) is 0.333. The molecule has 0 bridgehead atoms. The molecule has 1 N–H and O–H groups in total. The second-order valence-corrected chi connectivity index (χ2v) is 6.07. The molecule has 0 unspecified atom stereocenters. The maximum atomic E-state index is 13.0. The van der Waals surface area contributed by atoms with Gasteiger partial charge in [-0.3, -0.25) is 9.48 Å². The van der Waals surface area contributed by atoms with Gasteiger partial charge in [0, 0.05) is 30.4 Å². The first-order valence-corrected chi connectivity index (χ1v) is 7.90. The van der Waals surface area contributed by atoms with Crippen molar-refractivity contribution in [2.75, 3.05) is 5.32 Å². The van der Waals surface area contributed by atoms with Crippen molar-refractivity contribution in [3.05, 3.63) is 44.8 Å². The van der Waals surface area contributed by atoms with E-state index in [-0.39, 0.29) is 18.0 Å². The zero-order valence-corrected chi connectivity index (χ0v) is 14.4. The maximum Gasteiger partial charge on any atom is 0.224 e. The molecule has 0 spiro atoms. The number of benzene rings is 1. The fourth-order valence-electron chi connectivity index (χ4n) is 2.08. The molecule has 2 rings (SSSR count). The van der Waals surface area contributed by atoms with Gasteiger partial charge in [0.2, 0.25) is 5.91 Å². The van der Waals surface area contributed by atoms with Gasteiger partial charge < -0.3 is 5.32 Å². The van der Waals surface area contributed by atoms with Crippen molar-refractivity contribution in [3.8, 4) is 0 Å². The molecule has 0 saturated heterocycles. The van der Waals surface area contributed by atoms with Gasteiger partial charge in [0.25, 0.3) is 0 Å². The second-order valence-electron chi connectivity index (χ2n) is 4.99. The highest BCUT2D eigenvalue weighted by atomic mass is 127. The van der Waals surface area contributed by atoms with Gasteiger partial charge in [-0.05, 0) is 55.0 Å². The van der Waals surface area contributed by atoms with E-state index in [1.54, 1.807) is 0 Å². The minimum atomic E-state index is -0.977. The van der Waals surface area contributed by atoms with E-state index >= 15 is 0 Å². The Bertz CT molecular complexity index is 700. The number of hydrogen-bond donors (Lipinski definition) is 1. The molecular weight excluding hydrogens is 403 g/mol. The maximum absolute atomic E-state index is 13.0. The predicted molar refractivity (Wildman–Crippen MR) is 88.6 cm³/mol. The van der Waals surface area contributed by atoms with E-state index in [0.29, 0.717) is 13.0 Å². The molecule has 7 heteroatoms. The van der Waals surface area contributed by atoms with Crippen molar-refractivity contribution < 1.29 is 13.6 Å². The van der Waals surface area contributed by atoms with Gasteiger partial charge in [-0.15, -0.1) is 0 Å². The number of rotatable bonds is 5. The van der Waals surface area contributed by atoms with Gasteiger partial charge in [0.15, 0.2) is 11.6 Å². The molecule has 2 aromatic rings. The monoisotopic (exact) mass is 419 g/mol. The minimum absolute atomic E-state index is 0.234. The Morgan fingerprint density at radius 2 is 2.05 bits per heavy atom. The van der Waals surface area contributed by atoms with Crippen LogP contribution in [0.25, 0.3) is 0 Å². The Hall–Kier alpha value is -1.51. The SMILES string of the molecule is Cc1nn(CCCC(=O)Nc2ccc(F)c(F)c2)c(C)c1I. The molecule has 22 heavy (non-hydrogen) atoms. The summed E-state index contributed by atoms with van der Waals surface area (Å²) >= 11 is 2.25. The molecule has 0 aliphatic carbocycles. The third-order valence-electron chi connectivity index (χ3n) is 3.27. The van der Waals surface area contributed by atoms with Gasteiger partial charge in [-0.25, -0.2) is 8.78 Å². The van der Waals surface area contributed by atoms with Crippen molar-refractivity contribution in [3.63, 3.8) is 0 Å². The van der Waals surface area contributed by atoms with Crippen LogP contribution in [0, 0.1) is 29.1 Å². The van der Waals surface area contributed by atoms with Crippen LogP contribution in [0.2, 0.25) is 0 Å². The summed E-state index contributed by atoms with van der Waals surface area (Å²) in [6.07, 6.45) is 0.904. The van der Waals surface area contributed by atoms with E-state index in [0.717, 1.165) is 27.1 Å². The lowest BCUT2D eigenvalue weighted by molar-refractivity contribution is -0.116. The molecule has 0 fully saturated rings. The lowest BCUT2D eigenvalue weighted by atomic mass is 10.2. The smallest absolute Gasteiger partial charge is 0.224 e. The number of aromatic nitrogens is 2. The molecule has 0 saturated carbocycles. The molecule has 0 atom stereocenters. The quantitative estimate of drug-likeness (QED) is 0.750. The second kappa shape index (κ2) is 7.17. The summed E-state index contributed by atoms with van der Waals surface area (Å²) in [4.78, 5) is 11.8. The average molecular weight is 419 g/mol. The molecule has 4 nitrogen and oxygen atoms in total. The standard InChI is InChI=1S/C15H16F2IN3O/c1-9-15(18)10(2)21(20-9)7-3-4-14(22)19-11-5-6-12(16)13(17)8-11/h5-6,8H,3-4,7H2,1-2H3,(H,19,22). The number of aryl methyl sites for hydroxylation is 2. The molecule has 1 aromatic heterocycles. The molecule has 118 valence electrons. The molecular formula is C15H16F2IN3O. The van der Waals surface area contributed by atoms with Crippen molar-refractivity contribution in [1.82, 2.24) is 9.78 Å². The van der Waals surface area contributed by atoms with Crippen molar-refractivity contribution in [2.45, 2.75) is 33.2 Å². The summed E-state index contributed by atoms with van der Waals surface area (Å²) in [5, 5.41) is 6.95.